The van der Waals surface area contributed by atoms with Crippen molar-refractivity contribution in [3.05, 3.63) is 82.8 Å². The molecule has 0 bridgehead atoms. The molecule has 0 N–H and O–H groups in total. The molecule has 0 aliphatic heterocycles. The lowest BCUT2D eigenvalue weighted by atomic mass is 10.2. The number of fused-ring (bicyclic) bond motifs is 1. The molecule has 4 rings (SSSR count). The highest BCUT2D eigenvalue weighted by molar-refractivity contribution is 6.32. The van der Waals surface area contributed by atoms with Crippen LogP contribution in [-0.4, -0.2) is 14.8 Å². The largest absolute Gasteiger partial charge is 0.487 e. The molecule has 148 valence electrons. The Labute approximate surface area is 169 Å². The average Bonchev–Trinajstić information content (AvgIpc) is 3.11. The number of hydrogen-bond donors (Lipinski definition) is 0. The minimum absolute atomic E-state index is 0.123. The van der Waals surface area contributed by atoms with E-state index in [9.17, 15) is 13.2 Å². The van der Waals surface area contributed by atoms with Crippen LogP contribution in [-0.2, 0) is 12.8 Å². The lowest BCUT2D eigenvalue weighted by molar-refractivity contribution is -0.141. The van der Waals surface area contributed by atoms with Gasteiger partial charge in [-0.1, -0.05) is 35.9 Å². The molecule has 0 spiro atoms. The second-order valence-electron chi connectivity index (χ2n) is 6.45. The summed E-state index contributed by atoms with van der Waals surface area (Å²) in [5.41, 5.74) is 1.06. The Balaban J connectivity index is 1.74. The van der Waals surface area contributed by atoms with Crippen LogP contribution in [0.25, 0.3) is 16.6 Å². The third-order valence-electron chi connectivity index (χ3n) is 4.34. The monoisotopic (exact) mass is 417 g/mol. The van der Waals surface area contributed by atoms with Crippen LogP contribution >= 0.6 is 11.6 Å². The van der Waals surface area contributed by atoms with E-state index in [4.69, 9.17) is 16.3 Å². The van der Waals surface area contributed by atoms with E-state index in [1.807, 2.05) is 31.2 Å². The first-order valence-corrected chi connectivity index (χ1v) is 9.11. The second kappa shape index (κ2) is 7.40. The van der Waals surface area contributed by atoms with Gasteiger partial charge in [0, 0.05) is 17.1 Å². The zero-order valence-electron chi connectivity index (χ0n) is 15.2. The standard InChI is InChI=1S/C21H15ClF3N3O/c1-13-10-19(15-6-2-4-8-17(15)26-13)29-12-14-11-20(21(23,24)25)27-28(14)18-9-5-3-7-16(18)22/h2-11H,12H2,1H3. The molecule has 2 aromatic carbocycles. The van der Waals surface area contributed by atoms with Crippen molar-refractivity contribution in [3.8, 4) is 11.4 Å². The van der Waals surface area contributed by atoms with Crippen LogP contribution in [0.5, 0.6) is 5.75 Å². The van der Waals surface area contributed by atoms with Gasteiger partial charge < -0.3 is 4.74 Å². The van der Waals surface area contributed by atoms with E-state index >= 15 is 0 Å². The number of aryl methyl sites for hydroxylation is 1. The summed E-state index contributed by atoms with van der Waals surface area (Å²) in [6.07, 6.45) is -4.58. The summed E-state index contributed by atoms with van der Waals surface area (Å²) in [4.78, 5) is 4.44. The highest BCUT2D eigenvalue weighted by atomic mass is 35.5. The predicted octanol–water partition coefficient (Wildman–Crippen LogP) is 5.98. The first-order chi connectivity index (χ1) is 13.8. The summed E-state index contributed by atoms with van der Waals surface area (Å²) >= 11 is 6.18. The number of nitrogens with zero attached hydrogens (tertiary/aromatic N) is 3. The molecular formula is C21H15ClF3N3O. The number of halogens is 4. The zero-order valence-corrected chi connectivity index (χ0v) is 16.0. The van der Waals surface area contributed by atoms with Gasteiger partial charge in [-0.15, -0.1) is 0 Å². The molecule has 0 amide bonds. The summed E-state index contributed by atoms with van der Waals surface area (Å²) < 4.78 is 46.9. The lowest BCUT2D eigenvalue weighted by Crippen LogP contribution is -2.09. The highest BCUT2D eigenvalue weighted by Gasteiger charge is 2.35. The van der Waals surface area contributed by atoms with E-state index in [0.29, 0.717) is 11.4 Å². The Hall–Kier alpha value is -3.06. The van der Waals surface area contributed by atoms with Gasteiger partial charge >= 0.3 is 6.18 Å². The van der Waals surface area contributed by atoms with Gasteiger partial charge in [0.05, 0.1) is 21.9 Å². The third kappa shape index (κ3) is 3.91. The molecule has 2 heterocycles. The van der Waals surface area contributed by atoms with Crippen molar-refractivity contribution < 1.29 is 17.9 Å². The SMILES string of the molecule is Cc1cc(OCc2cc(C(F)(F)F)nn2-c2ccccc2Cl)c2ccccc2n1. The molecule has 0 aliphatic rings. The molecule has 0 radical (unpaired) electrons. The Morgan fingerprint density at radius 2 is 1.76 bits per heavy atom. The van der Waals surface area contributed by atoms with Gasteiger partial charge in [0.15, 0.2) is 5.69 Å². The first kappa shape index (κ1) is 19.3. The number of para-hydroxylation sites is 2. The molecule has 4 nitrogen and oxygen atoms in total. The smallest absolute Gasteiger partial charge is 0.435 e. The van der Waals surface area contributed by atoms with Crippen LogP contribution in [0.1, 0.15) is 17.1 Å². The van der Waals surface area contributed by atoms with Crippen LogP contribution in [0.2, 0.25) is 5.02 Å². The summed E-state index contributed by atoms with van der Waals surface area (Å²) in [7, 11) is 0. The summed E-state index contributed by atoms with van der Waals surface area (Å²) in [5.74, 6) is 0.536. The van der Waals surface area contributed by atoms with Gasteiger partial charge in [0.2, 0.25) is 0 Å². The van der Waals surface area contributed by atoms with Gasteiger partial charge in [-0.3, -0.25) is 4.98 Å². The number of rotatable bonds is 4. The fourth-order valence-corrected chi connectivity index (χ4v) is 3.25. The van der Waals surface area contributed by atoms with Gasteiger partial charge in [-0.25, -0.2) is 4.68 Å². The van der Waals surface area contributed by atoms with Crippen LogP contribution in [0.3, 0.4) is 0 Å². The molecule has 0 aliphatic carbocycles. The molecule has 0 saturated heterocycles. The number of aromatic nitrogens is 3. The molecule has 2 aromatic heterocycles. The van der Waals surface area contributed by atoms with Crippen molar-refractivity contribution in [3.63, 3.8) is 0 Å². The zero-order chi connectivity index (χ0) is 20.6. The van der Waals surface area contributed by atoms with Gasteiger partial charge in [0.25, 0.3) is 0 Å². The topological polar surface area (TPSA) is 39.9 Å². The van der Waals surface area contributed by atoms with Gasteiger partial charge in [0.1, 0.15) is 12.4 Å². The lowest BCUT2D eigenvalue weighted by Gasteiger charge is -2.12. The third-order valence-corrected chi connectivity index (χ3v) is 4.66. The van der Waals surface area contributed by atoms with E-state index < -0.39 is 11.9 Å². The van der Waals surface area contributed by atoms with E-state index in [-0.39, 0.29) is 17.3 Å². The highest BCUT2D eigenvalue weighted by Crippen LogP contribution is 2.32. The molecule has 0 fully saturated rings. The molecular weight excluding hydrogens is 403 g/mol. The minimum Gasteiger partial charge on any atom is -0.487 e. The van der Waals surface area contributed by atoms with Gasteiger partial charge in [-0.2, -0.15) is 18.3 Å². The quantitative estimate of drug-likeness (QED) is 0.410. The molecule has 0 atom stereocenters. The Kier molecular flexibility index (Phi) is 4.92. The second-order valence-corrected chi connectivity index (χ2v) is 6.86. The van der Waals surface area contributed by atoms with E-state index in [1.165, 1.54) is 4.68 Å². The van der Waals surface area contributed by atoms with Crippen LogP contribution in [0.15, 0.2) is 60.7 Å². The first-order valence-electron chi connectivity index (χ1n) is 8.73. The molecule has 4 aromatic rings. The number of hydrogen-bond acceptors (Lipinski definition) is 3. The van der Waals surface area contributed by atoms with E-state index in [1.54, 1.807) is 30.3 Å². The van der Waals surface area contributed by atoms with Crippen LogP contribution in [0, 0.1) is 6.92 Å². The van der Waals surface area contributed by atoms with E-state index in [2.05, 4.69) is 10.1 Å². The summed E-state index contributed by atoms with van der Waals surface area (Å²) in [6.45, 7) is 1.71. The Morgan fingerprint density at radius 3 is 2.52 bits per heavy atom. The average molecular weight is 418 g/mol. The molecule has 8 heteroatoms. The van der Waals surface area contributed by atoms with Crippen molar-refractivity contribution in [1.29, 1.82) is 0 Å². The minimum atomic E-state index is -4.58. The molecule has 29 heavy (non-hydrogen) atoms. The van der Waals surface area contributed by atoms with Crippen molar-refractivity contribution in [2.45, 2.75) is 19.7 Å². The van der Waals surface area contributed by atoms with Crippen LogP contribution < -0.4 is 4.74 Å². The maximum atomic E-state index is 13.3. The Bertz CT molecular complexity index is 1190. The van der Waals surface area contributed by atoms with Gasteiger partial charge in [-0.05, 0) is 37.3 Å². The molecule has 0 saturated carbocycles. The van der Waals surface area contributed by atoms with Crippen molar-refractivity contribution in [2.24, 2.45) is 0 Å². The van der Waals surface area contributed by atoms with Crippen molar-refractivity contribution in [1.82, 2.24) is 14.8 Å². The fourth-order valence-electron chi connectivity index (χ4n) is 3.03. The summed E-state index contributed by atoms with van der Waals surface area (Å²) in [6, 6.07) is 16.7. The van der Waals surface area contributed by atoms with E-state index in [0.717, 1.165) is 22.7 Å². The van der Waals surface area contributed by atoms with Crippen molar-refractivity contribution in [2.75, 3.05) is 0 Å². The molecule has 0 unspecified atom stereocenters. The maximum absolute atomic E-state index is 13.3. The number of alkyl halides is 3. The number of ether oxygens (including phenoxy) is 1. The fraction of sp³-hybridized carbons (Fsp3) is 0.143. The Morgan fingerprint density at radius 1 is 1.03 bits per heavy atom. The normalized spacial score (nSPS) is 11.8. The number of benzene rings is 2. The summed E-state index contributed by atoms with van der Waals surface area (Å²) in [5, 5.41) is 4.78. The number of pyridine rings is 1. The van der Waals surface area contributed by atoms with Crippen LogP contribution in [0.4, 0.5) is 13.2 Å². The van der Waals surface area contributed by atoms with Crippen molar-refractivity contribution >= 4 is 22.5 Å². The maximum Gasteiger partial charge on any atom is 0.435 e. The predicted molar refractivity (Wildman–Crippen MR) is 104 cm³/mol.